The maximum atomic E-state index is 12.3. The molecule has 2 N–H and O–H groups in total. The molecule has 5 heteroatoms. The summed E-state index contributed by atoms with van der Waals surface area (Å²) >= 11 is 0. The summed E-state index contributed by atoms with van der Waals surface area (Å²) < 4.78 is 5.29. The maximum Gasteiger partial charge on any atom is 0.224 e. The van der Waals surface area contributed by atoms with Crippen molar-refractivity contribution in [2.45, 2.75) is 38.3 Å². The van der Waals surface area contributed by atoms with E-state index in [1.807, 2.05) is 0 Å². The van der Waals surface area contributed by atoms with Crippen LogP contribution < -0.4 is 5.32 Å². The molecular weight excluding hydrogens is 232 g/mol. The van der Waals surface area contributed by atoms with Crippen molar-refractivity contribution in [3.05, 3.63) is 0 Å². The van der Waals surface area contributed by atoms with Crippen molar-refractivity contribution in [2.75, 3.05) is 32.9 Å². The van der Waals surface area contributed by atoms with Crippen LogP contribution in [0.15, 0.2) is 0 Å². The molecule has 18 heavy (non-hydrogen) atoms. The molecule has 3 atom stereocenters. The van der Waals surface area contributed by atoms with Gasteiger partial charge in [0.25, 0.3) is 0 Å². The Morgan fingerprint density at radius 2 is 2.39 bits per heavy atom. The van der Waals surface area contributed by atoms with Crippen molar-refractivity contribution in [1.29, 1.82) is 0 Å². The molecule has 2 aliphatic heterocycles. The van der Waals surface area contributed by atoms with Crippen LogP contribution in [0.2, 0.25) is 0 Å². The zero-order valence-electron chi connectivity index (χ0n) is 11.1. The number of hydrogen-bond donors (Lipinski definition) is 2. The maximum absolute atomic E-state index is 12.3. The van der Waals surface area contributed by atoms with E-state index >= 15 is 0 Å². The Labute approximate surface area is 108 Å². The second kappa shape index (κ2) is 6.50. The van der Waals surface area contributed by atoms with Gasteiger partial charge in [0, 0.05) is 19.0 Å². The Balaban J connectivity index is 1.89. The molecule has 0 spiro atoms. The van der Waals surface area contributed by atoms with Crippen LogP contribution in [0.1, 0.15) is 26.2 Å². The highest BCUT2D eigenvalue weighted by Crippen LogP contribution is 2.20. The summed E-state index contributed by atoms with van der Waals surface area (Å²) in [6, 6.07) is 0.124. The lowest BCUT2D eigenvalue weighted by Gasteiger charge is -2.37. The molecular formula is C13H24N2O3. The SMILES string of the molecule is CC1CCCNC1CC(=O)N1CCOCC1CO. The normalized spacial score (nSPS) is 33.4. The highest BCUT2D eigenvalue weighted by atomic mass is 16.5. The fourth-order valence-corrected chi connectivity index (χ4v) is 2.83. The Bertz CT molecular complexity index is 285. The molecule has 2 aliphatic rings. The van der Waals surface area contributed by atoms with Gasteiger partial charge in [0.2, 0.25) is 5.91 Å². The third kappa shape index (κ3) is 3.22. The molecule has 0 aromatic carbocycles. The lowest BCUT2D eigenvalue weighted by atomic mass is 9.90. The molecule has 104 valence electrons. The van der Waals surface area contributed by atoms with Gasteiger partial charge in [-0.15, -0.1) is 0 Å². The number of nitrogens with zero attached hydrogens (tertiary/aromatic N) is 1. The van der Waals surface area contributed by atoms with E-state index in [-0.39, 0.29) is 24.6 Å². The molecule has 5 nitrogen and oxygen atoms in total. The monoisotopic (exact) mass is 256 g/mol. The van der Waals surface area contributed by atoms with Gasteiger partial charge in [-0.1, -0.05) is 6.92 Å². The average molecular weight is 256 g/mol. The lowest BCUT2D eigenvalue weighted by Crippen LogP contribution is -2.52. The van der Waals surface area contributed by atoms with Crippen LogP contribution in [0.4, 0.5) is 0 Å². The van der Waals surface area contributed by atoms with Crippen LogP contribution in [-0.4, -0.2) is 60.9 Å². The number of amides is 1. The molecule has 0 aromatic heterocycles. The van der Waals surface area contributed by atoms with Crippen molar-refractivity contribution in [3.63, 3.8) is 0 Å². The Kier molecular flexibility index (Phi) is 4.97. The van der Waals surface area contributed by atoms with Crippen molar-refractivity contribution in [1.82, 2.24) is 10.2 Å². The highest BCUT2D eigenvalue weighted by molar-refractivity contribution is 5.77. The van der Waals surface area contributed by atoms with Gasteiger partial charge < -0.3 is 20.1 Å². The quantitative estimate of drug-likeness (QED) is 0.745. The van der Waals surface area contributed by atoms with Gasteiger partial charge >= 0.3 is 0 Å². The minimum Gasteiger partial charge on any atom is -0.394 e. The van der Waals surface area contributed by atoms with Crippen LogP contribution in [-0.2, 0) is 9.53 Å². The van der Waals surface area contributed by atoms with Crippen LogP contribution in [0, 0.1) is 5.92 Å². The summed E-state index contributed by atoms with van der Waals surface area (Å²) in [5, 5.41) is 12.7. The summed E-state index contributed by atoms with van der Waals surface area (Å²) in [4.78, 5) is 14.1. The first-order valence-corrected chi connectivity index (χ1v) is 6.94. The first kappa shape index (κ1) is 13.8. The van der Waals surface area contributed by atoms with E-state index < -0.39 is 0 Å². The minimum atomic E-state index is -0.162. The van der Waals surface area contributed by atoms with E-state index in [4.69, 9.17) is 4.74 Å². The van der Waals surface area contributed by atoms with Crippen LogP contribution >= 0.6 is 0 Å². The topological polar surface area (TPSA) is 61.8 Å². The second-order valence-corrected chi connectivity index (χ2v) is 5.38. The van der Waals surface area contributed by atoms with Gasteiger partial charge in [-0.3, -0.25) is 4.79 Å². The molecule has 2 rings (SSSR count). The van der Waals surface area contributed by atoms with Gasteiger partial charge in [0.1, 0.15) is 0 Å². The molecule has 0 aliphatic carbocycles. The standard InChI is InChI=1S/C13H24N2O3/c1-10-3-2-4-14-12(10)7-13(17)15-5-6-18-9-11(15)8-16/h10-12,14,16H,2-9H2,1H3. The Hall–Kier alpha value is -0.650. The number of hydrogen-bond acceptors (Lipinski definition) is 4. The van der Waals surface area contributed by atoms with Crippen LogP contribution in [0.3, 0.4) is 0 Å². The van der Waals surface area contributed by atoms with Gasteiger partial charge in [0.05, 0.1) is 25.9 Å². The van der Waals surface area contributed by atoms with Crippen molar-refractivity contribution >= 4 is 5.91 Å². The molecule has 2 fully saturated rings. The zero-order valence-corrected chi connectivity index (χ0v) is 11.1. The number of morpholine rings is 1. The number of rotatable bonds is 3. The van der Waals surface area contributed by atoms with Crippen molar-refractivity contribution < 1.29 is 14.6 Å². The van der Waals surface area contributed by atoms with Gasteiger partial charge in [-0.05, 0) is 25.3 Å². The predicted octanol–water partition coefficient (Wildman–Crippen LogP) is -0.0157. The van der Waals surface area contributed by atoms with Crippen molar-refractivity contribution in [3.8, 4) is 0 Å². The van der Waals surface area contributed by atoms with E-state index in [9.17, 15) is 9.90 Å². The number of aliphatic hydroxyl groups is 1. The molecule has 1 amide bonds. The summed E-state index contributed by atoms with van der Waals surface area (Å²) in [5.41, 5.74) is 0. The first-order chi connectivity index (χ1) is 8.72. The summed E-state index contributed by atoms with van der Waals surface area (Å²) in [6.45, 7) is 4.83. The number of aliphatic hydroxyl groups excluding tert-OH is 1. The van der Waals surface area contributed by atoms with Gasteiger partial charge in [-0.2, -0.15) is 0 Å². The molecule has 2 saturated heterocycles. The Morgan fingerprint density at radius 3 is 3.11 bits per heavy atom. The highest BCUT2D eigenvalue weighted by Gasteiger charge is 2.30. The van der Waals surface area contributed by atoms with Crippen LogP contribution in [0.5, 0.6) is 0 Å². The third-order valence-electron chi connectivity index (χ3n) is 4.08. The first-order valence-electron chi connectivity index (χ1n) is 6.94. The number of nitrogens with one attached hydrogen (secondary N) is 1. The number of piperidine rings is 1. The fraction of sp³-hybridized carbons (Fsp3) is 0.923. The summed E-state index contributed by atoms with van der Waals surface area (Å²) in [6.07, 6.45) is 2.93. The van der Waals surface area contributed by atoms with Gasteiger partial charge in [0.15, 0.2) is 0 Å². The number of ether oxygens (including phenoxy) is 1. The molecule has 0 aromatic rings. The molecule has 0 bridgehead atoms. The van der Waals surface area contributed by atoms with Crippen molar-refractivity contribution in [2.24, 2.45) is 5.92 Å². The summed E-state index contributed by atoms with van der Waals surface area (Å²) in [5.74, 6) is 0.694. The number of carbonyl (C=O) groups is 1. The van der Waals surface area contributed by atoms with E-state index in [0.29, 0.717) is 32.1 Å². The van der Waals surface area contributed by atoms with Gasteiger partial charge in [-0.25, -0.2) is 0 Å². The lowest BCUT2D eigenvalue weighted by molar-refractivity contribution is -0.142. The molecule has 2 heterocycles. The summed E-state index contributed by atoms with van der Waals surface area (Å²) in [7, 11) is 0. The van der Waals surface area contributed by atoms with Crippen LogP contribution in [0.25, 0.3) is 0 Å². The molecule has 0 radical (unpaired) electrons. The largest absolute Gasteiger partial charge is 0.394 e. The van der Waals surface area contributed by atoms with E-state index in [1.165, 1.54) is 12.8 Å². The van der Waals surface area contributed by atoms with E-state index in [2.05, 4.69) is 12.2 Å². The predicted molar refractivity (Wildman–Crippen MR) is 68.2 cm³/mol. The minimum absolute atomic E-state index is 0.0145. The molecule has 3 unspecified atom stereocenters. The Morgan fingerprint density at radius 1 is 1.56 bits per heavy atom. The number of carbonyl (C=O) groups excluding carboxylic acids is 1. The van der Waals surface area contributed by atoms with E-state index in [0.717, 1.165) is 6.54 Å². The zero-order chi connectivity index (χ0) is 13.0. The smallest absolute Gasteiger partial charge is 0.224 e. The average Bonchev–Trinajstić information content (AvgIpc) is 2.41. The molecule has 0 saturated carbocycles. The second-order valence-electron chi connectivity index (χ2n) is 5.38. The van der Waals surface area contributed by atoms with E-state index in [1.54, 1.807) is 4.90 Å². The fourth-order valence-electron chi connectivity index (χ4n) is 2.83. The third-order valence-corrected chi connectivity index (χ3v) is 4.08.